The van der Waals surface area contributed by atoms with Gasteiger partial charge in [0.25, 0.3) is 5.91 Å². The zero-order valence-corrected chi connectivity index (χ0v) is 21.9. The fourth-order valence-electron chi connectivity index (χ4n) is 3.86. The number of hydrogen-bond donors (Lipinski definition) is 2. The zero-order valence-electron chi connectivity index (χ0n) is 21.9. The molecule has 1 aliphatic rings. The van der Waals surface area contributed by atoms with Crippen LogP contribution in [0.3, 0.4) is 0 Å². The molecule has 38 heavy (non-hydrogen) atoms. The number of halogens is 3. The number of alkyl halides is 3. The quantitative estimate of drug-likeness (QED) is 0.392. The van der Waals surface area contributed by atoms with Gasteiger partial charge >= 0.3 is 19.3 Å². The summed E-state index contributed by atoms with van der Waals surface area (Å²) in [7, 11) is -0.550. The van der Waals surface area contributed by atoms with Crippen molar-refractivity contribution in [2.75, 3.05) is 6.54 Å². The highest BCUT2D eigenvalue weighted by Crippen LogP contribution is 2.37. The normalized spacial score (nSPS) is 17.2. The van der Waals surface area contributed by atoms with Gasteiger partial charge in [0.2, 0.25) is 0 Å². The van der Waals surface area contributed by atoms with Crippen molar-refractivity contribution in [3.05, 3.63) is 59.7 Å². The second-order valence-electron chi connectivity index (χ2n) is 10.3. The molecule has 0 bridgehead atoms. The van der Waals surface area contributed by atoms with Crippen LogP contribution in [0.5, 0.6) is 5.75 Å². The Morgan fingerprint density at radius 3 is 2.11 bits per heavy atom. The van der Waals surface area contributed by atoms with E-state index in [2.05, 4.69) is 5.32 Å². The Morgan fingerprint density at radius 1 is 1.00 bits per heavy atom. The third-order valence-corrected chi connectivity index (χ3v) is 6.78. The van der Waals surface area contributed by atoms with E-state index in [-0.39, 0.29) is 25.8 Å². The third-order valence-electron chi connectivity index (χ3n) is 6.78. The van der Waals surface area contributed by atoms with Crippen LogP contribution in [0.25, 0.3) is 0 Å². The number of carbonyl (C=O) groups excluding carboxylic acids is 1. The molecule has 206 valence electrons. The number of amides is 1. The minimum Gasteiger partial charge on any atom is -0.486 e. The van der Waals surface area contributed by atoms with Gasteiger partial charge in [-0.2, -0.15) is 13.2 Å². The van der Waals surface area contributed by atoms with Crippen LogP contribution in [0.4, 0.5) is 13.2 Å². The molecule has 0 radical (unpaired) electrons. The summed E-state index contributed by atoms with van der Waals surface area (Å²) < 4.78 is 56.6. The Balaban J connectivity index is 1.71. The molecule has 0 aliphatic carbocycles. The molecule has 0 saturated carbocycles. The highest BCUT2D eigenvalue weighted by atomic mass is 19.4. The van der Waals surface area contributed by atoms with Crippen molar-refractivity contribution < 1.29 is 41.9 Å². The Bertz CT molecular complexity index is 1090. The number of carboxylic acid groups (broad SMARTS) is 1. The maximum absolute atomic E-state index is 12.8. The average Bonchev–Trinajstić information content (AvgIpc) is 3.04. The zero-order chi connectivity index (χ0) is 28.1. The van der Waals surface area contributed by atoms with E-state index in [0.29, 0.717) is 16.9 Å². The van der Waals surface area contributed by atoms with Gasteiger partial charge < -0.3 is 24.5 Å². The van der Waals surface area contributed by atoms with Gasteiger partial charge in [0.05, 0.1) is 17.6 Å². The summed E-state index contributed by atoms with van der Waals surface area (Å²) in [5.41, 5.74) is 0.734. The number of ether oxygens (including phenoxy) is 1. The molecule has 1 heterocycles. The molecule has 1 saturated heterocycles. The summed E-state index contributed by atoms with van der Waals surface area (Å²) in [5.74, 6) is -0.994. The molecule has 1 amide bonds. The first-order valence-corrected chi connectivity index (χ1v) is 12.5. The van der Waals surface area contributed by atoms with Gasteiger partial charge in [-0.1, -0.05) is 24.3 Å². The van der Waals surface area contributed by atoms with Crippen molar-refractivity contribution >= 4 is 24.5 Å². The minimum absolute atomic E-state index is 0.0129. The van der Waals surface area contributed by atoms with Gasteiger partial charge in [-0.25, -0.2) is 0 Å². The lowest BCUT2D eigenvalue weighted by Crippen LogP contribution is -2.41. The van der Waals surface area contributed by atoms with Gasteiger partial charge in [0, 0.05) is 18.5 Å². The summed E-state index contributed by atoms with van der Waals surface area (Å²) in [5, 5.41) is 11.2. The van der Waals surface area contributed by atoms with Crippen LogP contribution in [-0.4, -0.2) is 48.0 Å². The predicted octanol–water partition coefficient (Wildman–Crippen LogP) is 5.04. The topological polar surface area (TPSA) is 94.1 Å². The fourth-order valence-corrected chi connectivity index (χ4v) is 3.86. The van der Waals surface area contributed by atoms with Crippen LogP contribution in [0.2, 0.25) is 0 Å². The number of carbonyl (C=O) groups is 2. The molecule has 1 unspecified atom stereocenters. The molecule has 3 rings (SSSR count). The van der Waals surface area contributed by atoms with Gasteiger partial charge in [-0.15, -0.1) is 0 Å². The molecule has 1 atom stereocenters. The van der Waals surface area contributed by atoms with Gasteiger partial charge in [-0.05, 0) is 75.8 Å². The van der Waals surface area contributed by atoms with Crippen molar-refractivity contribution in [2.24, 2.45) is 0 Å². The molecule has 11 heteroatoms. The van der Waals surface area contributed by atoms with Crippen LogP contribution in [0.1, 0.15) is 75.4 Å². The standard InChI is InChI=1S/C27H33BF3NO6/c1-25(2)26(3,4)38-28(37-25)20-11-13-21(14-12-20)36-22(6-5-16-27(29,30)31)18-7-9-19(10-8-18)24(35)32-17-15-23(33)34/h7-14,22H,5-6,15-17H2,1-4H3,(H,32,35)(H,33,34). The number of hydrogen-bond acceptors (Lipinski definition) is 5. The molecule has 2 N–H and O–H groups in total. The van der Waals surface area contributed by atoms with E-state index in [1.54, 1.807) is 36.4 Å². The number of carboxylic acids is 1. The number of nitrogens with one attached hydrogen (secondary N) is 1. The lowest BCUT2D eigenvalue weighted by molar-refractivity contribution is -0.137. The van der Waals surface area contributed by atoms with Crippen LogP contribution in [-0.2, 0) is 14.1 Å². The lowest BCUT2D eigenvalue weighted by Gasteiger charge is -2.32. The Labute approximate surface area is 220 Å². The highest BCUT2D eigenvalue weighted by molar-refractivity contribution is 6.62. The summed E-state index contributed by atoms with van der Waals surface area (Å²) in [6, 6.07) is 13.4. The molecular formula is C27H33BF3NO6. The predicted molar refractivity (Wildman–Crippen MR) is 136 cm³/mol. The molecule has 1 fully saturated rings. The van der Waals surface area contributed by atoms with Gasteiger partial charge in [-0.3, -0.25) is 9.59 Å². The first kappa shape index (κ1) is 29.5. The van der Waals surface area contributed by atoms with E-state index in [4.69, 9.17) is 19.2 Å². The van der Waals surface area contributed by atoms with Gasteiger partial charge in [0.1, 0.15) is 11.9 Å². The first-order valence-electron chi connectivity index (χ1n) is 12.5. The van der Waals surface area contributed by atoms with Crippen LogP contribution >= 0.6 is 0 Å². The Kier molecular flexibility index (Phi) is 9.15. The molecular weight excluding hydrogens is 502 g/mol. The smallest absolute Gasteiger partial charge is 0.486 e. The molecule has 2 aromatic carbocycles. The van der Waals surface area contributed by atoms with Crippen molar-refractivity contribution in [1.29, 1.82) is 0 Å². The monoisotopic (exact) mass is 535 g/mol. The summed E-state index contributed by atoms with van der Waals surface area (Å²) in [4.78, 5) is 22.8. The minimum atomic E-state index is -4.27. The largest absolute Gasteiger partial charge is 0.494 e. The van der Waals surface area contributed by atoms with Crippen molar-refractivity contribution in [1.82, 2.24) is 5.32 Å². The van der Waals surface area contributed by atoms with Crippen molar-refractivity contribution in [2.45, 2.75) is 76.9 Å². The summed E-state index contributed by atoms with van der Waals surface area (Å²) in [6.45, 7) is 7.82. The third kappa shape index (κ3) is 7.98. The number of rotatable bonds is 11. The second kappa shape index (κ2) is 11.8. The molecule has 7 nitrogen and oxygen atoms in total. The SMILES string of the molecule is CC1(C)OB(c2ccc(OC(CCCC(F)(F)F)c3ccc(C(=O)NCCC(=O)O)cc3)cc2)OC1(C)C. The number of aliphatic carboxylic acids is 1. The average molecular weight is 535 g/mol. The van der Waals surface area contributed by atoms with E-state index >= 15 is 0 Å². The molecule has 2 aromatic rings. The Hall–Kier alpha value is -3.05. The van der Waals surface area contributed by atoms with E-state index in [1.807, 2.05) is 27.7 Å². The second-order valence-corrected chi connectivity index (χ2v) is 10.3. The molecule has 1 aliphatic heterocycles. The van der Waals surface area contributed by atoms with Crippen LogP contribution in [0, 0.1) is 0 Å². The highest BCUT2D eigenvalue weighted by Gasteiger charge is 2.51. The van der Waals surface area contributed by atoms with Crippen LogP contribution in [0.15, 0.2) is 48.5 Å². The van der Waals surface area contributed by atoms with Gasteiger partial charge in [0.15, 0.2) is 0 Å². The van der Waals surface area contributed by atoms with E-state index < -0.39 is 48.9 Å². The Morgan fingerprint density at radius 2 is 1.58 bits per heavy atom. The summed E-state index contributed by atoms with van der Waals surface area (Å²) >= 11 is 0. The van der Waals surface area contributed by atoms with Crippen molar-refractivity contribution in [3.63, 3.8) is 0 Å². The maximum atomic E-state index is 12.8. The van der Waals surface area contributed by atoms with E-state index in [0.717, 1.165) is 5.46 Å². The fraction of sp³-hybridized carbons (Fsp3) is 0.481. The number of benzene rings is 2. The lowest BCUT2D eigenvalue weighted by atomic mass is 9.79. The summed E-state index contributed by atoms with van der Waals surface area (Å²) in [6.07, 6.45) is -6.10. The van der Waals surface area contributed by atoms with Crippen LogP contribution < -0.4 is 15.5 Å². The maximum Gasteiger partial charge on any atom is 0.494 e. The van der Waals surface area contributed by atoms with Crippen molar-refractivity contribution in [3.8, 4) is 5.75 Å². The first-order chi connectivity index (χ1) is 17.7. The van der Waals surface area contributed by atoms with E-state index in [9.17, 15) is 22.8 Å². The molecule has 0 spiro atoms. The van der Waals surface area contributed by atoms with E-state index in [1.165, 1.54) is 12.1 Å². The molecule has 0 aromatic heterocycles.